The monoisotopic (exact) mass is 199 g/mol. The summed E-state index contributed by atoms with van der Waals surface area (Å²) in [5, 5.41) is 0. The molecule has 0 atom stereocenters. The van der Waals surface area contributed by atoms with Crippen LogP contribution in [0.15, 0.2) is 4.99 Å². The third-order valence-corrected chi connectivity index (χ3v) is 2.09. The molecule has 2 heteroatoms. The van der Waals surface area contributed by atoms with Gasteiger partial charge < -0.3 is 4.74 Å². The van der Waals surface area contributed by atoms with Crippen LogP contribution in [0.2, 0.25) is 0 Å². The second-order valence-electron chi connectivity index (χ2n) is 4.04. The summed E-state index contributed by atoms with van der Waals surface area (Å²) in [4.78, 5) is 4.40. The molecule has 0 aromatic heterocycles. The number of rotatable bonds is 8. The van der Waals surface area contributed by atoms with Crippen LogP contribution in [0, 0.1) is 0 Å². The van der Waals surface area contributed by atoms with Gasteiger partial charge in [-0.05, 0) is 33.6 Å². The molecule has 84 valence electrons. The van der Waals surface area contributed by atoms with Crippen LogP contribution >= 0.6 is 0 Å². The normalized spacial score (nSPS) is 12.6. The van der Waals surface area contributed by atoms with E-state index in [1.807, 2.05) is 27.0 Å². The van der Waals surface area contributed by atoms with Gasteiger partial charge in [-0.25, -0.2) is 0 Å². The minimum Gasteiger partial charge on any atom is -0.355 e. The lowest BCUT2D eigenvalue weighted by molar-refractivity contribution is -0.00218. The van der Waals surface area contributed by atoms with Crippen molar-refractivity contribution in [1.82, 2.24) is 0 Å². The minimum absolute atomic E-state index is 0.334. The average molecular weight is 199 g/mol. The Balaban J connectivity index is 3.50. The van der Waals surface area contributed by atoms with E-state index in [0.29, 0.717) is 0 Å². The zero-order valence-corrected chi connectivity index (χ0v) is 10.2. The van der Waals surface area contributed by atoms with Crippen LogP contribution in [-0.2, 0) is 4.74 Å². The Bertz CT molecular complexity index is 152. The van der Waals surface area contributed by atoms with Gasteiger partial charge >= 0.3 is 0 Å². The molecule has 0 aromatic carbocycles. The molecule has 0 bridgehead atoms. The molecule has 14 heavy (non-hydrogen) atoms. The molecule has 0 heterocycles. The lowest BCUT2D eigenvalue weighted by atomic mass is 10.2. The summed E-state index contributed by atoms with van der Waals surface area (Å²) in [6.45, 7) is 8.95. The number of hydrogen-bond acceptors (Lipinski definition) is 2. The summed E-state index contributed by atoms with van der Waals surface area (Å²) >= 11 is 0. The molecule has 0 amide bonds. The first kappa shape index (κ1) is 13.6. The molecule has 0 N–H and O–H groups in total. The van der Waals surface area contributed by atoms with Crippen molar-refractivity contribution in [2.75, 3.05) is 6.61 Å². The average Bonchev–Trinajstić information content (AvgIpc) is 2.11. The summed E-state index contributed by atoms with van der Waals surface area (Å²) in [5.41, 5.74) is -0.334. The molecule has 0 aliphatic heterocycles. The Morgan fingerprint density at radius 3 is 2.43 bits per heavy atom. The maximum absolute atomic E-state index is 5.46. The Hall–Kier alpha value is -0.370. The smallest absolute Gasteiger partial charge is 0.153 e. The van der Waals surface area contributed by atoms with Gasteiger partial charge in [0.25, 0.3) is 0 Å². The standard InChI is InChI=1S/C12H25NO/c1-5-7-8-9-10-11-13-12(3,4)14-6-2/h11H,5-10H2,1-4H3. The van der Waals surface area contributed by atoms with Gasteiger partial charge in [-0.2, -0.15) is 0 Å². The number of unbranched alkanes of at least 4 members (excludes halogenated alkanes) is 4. The van der Waals surface area contributed by atoms with Crippen LogP contribution in [-0.4, -0.2) is 18.5 Å². The molecule has 0 aliphatic rings. The largest absolute Gasteiger partial charge is 0.355 e. The van der Waals surface area contributed by atoms with Crippen molar-refractivity contribution in [3.63, 3.8) is 0 Å². The second kappa shape index (κ2) is 7.98. The lowest BCUT2D eigenvalue weighted by Crippen LogP contribution is -2.21. The van der Waals surface area contributed by atoms with Crippen LogP contribution in [0.1, 0.15) is 59.8 Å². The van der Waals surface area contributed by atoms with Gasteiger partial charge in [-0.15, -0.1) is 0 Å². The Morgan fingerprint density at radius 2 is 1.86 bits per heavy atom. The predicted molar refractivity (Wildman–Crippen MR) is 63.0 cm³/mol. The maximum atomic E-state index is 5.46. The van der Waals surface area contributed by atoms with E-state index in [1.165, 1.54) is 25.7 Å². The number of nitrogens with zero attached hydrogens (tertiary/aromatic N) is 1. The molecular formula is C12H25NO. The van der Waals surface area contributed by atoms with E-state index in [-0.39, 0.29) is 5.72 Å². The van der Waals surface area contributed by atoms with Gasteiger partial charge in [-0.1, -0.05) is 26.2 Å². The van der Waals surface area contributed by atoms with E-state index in [2.05, 4.69) is 11.9 Å². The summed E-state index contributed by atoms with van der Waals surface area (Å²) in [6.07, 6.45) is 8.28. The molecule has 0 saturated heterocycles. The maximum Gasteiger partial charge on any atom is 0.153 e. The summed E-state index contributed by atoms with van der Waals surface area (Å²) < 4.78 is 5.46. The summed E-state index contributed by atoms with van der Waals surface area (Å²) in [5.74, 6) is 0. The molecule has 0 spiro atoms. The molecule has 0 radical (unpaired) electrons. The zero-order chi connectivity index (χ0) is 10.9. The minimum atomic E-state index is -0.334. The third-order valence-electron chi connectivity index (χ3n) is 2.09. The van der Waals surface area contributed by atoms with E-state index in [0.717, 1.165) is 13.0 Å². The molecule has 0 unspecified atom stereocenters. The molecule has 0 fully saturated rings. The van der Waals surface area contributed by atoms with E-state index in [1.54, 1.807) is 0 Å². The van der Waals surface area contributed by atoms with Crippen LogP contribution in [0.5, 0.6) is 0 Å². The van der Waals surface area contributed by atoms with Crippen molar-refractivity contribution in [1.29, 1.82) is 0 Å². The summed E-state index contributed by atoms with van der Waals surface area (Å²) in [7, 11) is 0. The highest BCUT2D eigenvalue weighted by Gasteiger charge is 2.12. The van der Waals surface area contributed by atoms with Crippen LogP contribution in [0.3, 0.4) is 0 Å². The van der Waals surface area contributed by atoms with Crippen LogP contribution in [0.25, 0.3) is 0 Å². The Labute approximate surface area is 88.8 Å². The molecule has 0 saturated carbocycles. The van der Waals surface area contributed by atoms with Crippen molar-refractivity contribution in [3.8, 4) is 0 Å². The number of hydrogen-bond donors (Lipinski definition) is 0. The second-order valence-corrected chi connectivity index (χ2v) is 4.04. The molecule has 0 aliphatic carbocycles. The van der Waals surface area contributed by atoms with Crippen molar-refractivity contribution in [2.24, 2.45) is 4.99 Å². The van der Waals surface area contributed by atoms with Gasteiger partial charge in [0.05, 0.1) is 0 Å². The first-order chi connectivity index (χ1) is 6.62. The molecule has 2 nitrogen and oxygen atoms in total. The molecular weight excluding hydrogens is 174 g/mol. The lowest BCUT2D eigenvalue weighted by Gasteiger charge is -2.19. The fourth-order valence-corrected chi connectivity index (χ4v) is 1.34. The first-order valence-corrected chi connectivity index (χ1v) is 5.80. The van der Waals surface area contributed by atoms with E-state index < -0.39 is 0 Å². The van der Waals surface area contributed by atoms with Gasteiger partial charge in [0.2, 0.25) is 0 Å². The predicted octanol–water partition coefficient (Wildman–Crippen LogP) is 3.80. The number of ether oxygens (including phenoxy) is 1. The van der Waals surface area contributed by atoms with Crippen molar-refractivity contribution in [3.05, 3.63) is 0 Å². The Morgan fingerprint density at radius 1 is 1.14 bits per heavy atom. The molecule has 0 aromatic rings. The van der Waals surface area contributed by atoms with Gasteiger partial charge in [0.15, 0.2) is 5.72 Å². The third kappa shape index (κ3) is 8.24. The zero-order valence-electron chi connectivity index (χ0n) is 10.2. The summed E-state index contributed by atoms with van der Waals surface area (Å²) in [6, 6.07) is 0. The van der Waals surface area contributed by atoms with Crippen molar-refractivity contribution < 1.29 is 4.74 Å². The molecule has 0 rings (SSSR count). The Kier molecular flexibility index (Phi) is 7.77. The van der Waals surface area contributed by atoms with E-state index >= 15 is 0 Å². The fraction of sp³-hybridized carbons (Fsp3) is 0.917. The fourth-order valence-electron chi connectivity index (χ4n) is 1.34. The highest BCUT2D eigenvalue weighted by Crippen LogP contribution is 2.10. The highest BCUT2D eigenvalue weighted by molar-refractivity contribution is 5.57. The first-order valence-electron chi connectivity index (χ1n) is 5.80. The van der Waals surface area contributed by atoms with Gasteiger partial charge in [0, 0.05) is 12.8 Å². The topological polar surface area (TPSA) is 21.6 Å². The highest BCUT2D eigenvalue weighted by atomic mass is 16.5. The van der Waals surface area contributed by atoms with E-state index in [4.69, 9.17) is 4.74 Å². The number of aliphatic imine (C=N–C) groups is 1. The van der Waals surface area contributed by atoms with Crippen molar-refractivity contribution >= 4 is 6.21 Å². The quantitative estimate of drug-likeness (QED) is 0.430. The van der Waals surface area contributed by atoms with Crippen LogP contribution in [0.4, 0.5) is 0 Å². The van der Waals surface area contributed by atoms with Crippen molar-refractivity contribution in [2.45, 2.75) is 65.5 Å². The van der Waals surface area contributed by atoms with Crippen LogP contribution < -0.4 is 0 Å². The van der Waals surface area contributed by atoms with Gasteiger partial charge in [-0.3, -0.25) is 4.99 Å². The SMILES string of the molecule is CCCCCCC=NC(C)(C)OCC. The van der Waals surface area contributed by atoms with Gasteiger partial charge in [0.1, 0.15) is 0 Å². The van der Waals surface area contributed by atoms with E-state index in [9.17, 15) is 0 Å².